The number of hydrogen-bond acceptors (Lipinski definition) is 6. The Labute approximate surface area is 215 Å². The van der Waals surface area contributed by atoms with E-state index >= 15 is 0 Å². The van der Waals surface area contributed by atoms with Crippen molar-refractivity contribution in [3.05, 3.63) is 81.2 Å². The molecular formula is C28H32FN7O. The van der Waals surface area contributed by atoms with Crippen LogP contribution in [-0.4, -0.2) is 56.3 Å². The molecule has 1 atom stereocenters. The van der Waals surface area contributed by atoms with Crippen LogP contribution in [0, 0.1) is 19.7 Å². The third kappa shape index (κ3) is 4.52. The molecule has 1 saturated heterocycles. The number of hydrogen-bond donors (Lipinski definition) is 1. The Morgan fingerprint density at radius 3 is 2.41 bits per heavy atom. The number of aromatic amines is 1. The number of halogens is 1. The van der Waals surface area contributed by atoms with Crippen LogP contribution in [0.1, 0.15) is 60.3 Å². The smallest absolute Gasteiger partial charge is 0.253 e. The SMILES string of the molecule is Cc1cc2cc([C@H](c3nnnn3C3CCCC3)N3CCN(c4ccc(F)cc4)CC3)c(=O)[nH]c2cc1C. The number of aromatic nitrogens is 5. The highest BCUT2D eigenvalue weighted by atomic mass is 19.1. The zero-order chi connectivity index (χ0) is 25.5. The number of aryl methyl sites for hydroxylation is 2. The molecule has 1 aliphatic heterocycles. The zero-order valence-electron chi connectivity index (χ0n) is 21.3. The molecule has 0 amide bonds. The van der Waals surface area contributed by atoms with E-state index in [0.29, 0.717) is 5.56 Å². The van der Waals surface area contributed by atoms with Gasteiger partial charge in [0.1, 0.15) is 11.9 Å². The Hall–Kier alpha value is -3.59. The van der Waals surface area contributed by atoms with Crippen molar-refractivity contribution in [2.45, 2.75) is 51.6 Å². The Morgan fingerprint density at radius 1 is 0.973 bits per heavy atom. The van der Waals surface area contributed by atoms with Gasteiger partial charge in [0.25, 0.3) is 5.56 Å². The number of fused-ring (bicyclic) bond motifs is 1. The third-order valence-corrected chi connectivity index (χ3v) is 8.09. The number of nitrogens with zero attached hydrogens (tertiary/aromatic N) is 6. The summed E-state index contributed by atoms with van der Waals surface area (Å²) in [6.45, 7) is 7.12. The maximum absolute atomic E-state index is 13.6. The van der Waals surface area contributed by atoms with Gasteiger partial charge in [-0.05, 0) is 96.1 Å². The number of nitrogens with one attached hydrogen (secondary N) is 1. The molecule has 1 aliphatic carbocycles. The fraction of sp³-hybridized carbons (Fsp3) is 0.429. The minimum atomic E-state index is -0.360. The minimum absolute atomic E-state index is 0.109. The summed E-state index contributed by atoms with van der Waals surface area (Å²) in [6.07, 6.45) is 4.44. The maximum atomic E-state index is 13.6. The Morgan fingerprint density at radius 2 is 1.68 bits per heavy atom. The van der Waals surface area contributed by atoms with Crippen molar-refractivity contribution >= 4 is 16.6 Å². The van der Waals surface area contributed by atoms with E-state index in [1.807, 2.05) is 28.9 Å². The summed E-state index contributed by atoms with van der Waals surface area (Å²) in [5.74, 6) is 0.498. The van der Waals surface area contributed by atoms with Crippen LogP contribution in [0.3, 0.4) is 0 Å². The molecule has 192 valence electrons. The van der Waals surface area contributed by atoms with Crippen molar-refractivity contribution in [1.29, 1.82) is 0 Å². The Bertz CT molecular complexity index is 1460. The molecule has 1 N–H and O–H groups in total. The van der Waals surface area contributed by atoms with Gasteiger partial charge in [-0.1, -0.05) is 12.8 Å². The van der Waals surface area contributed by atoms with Crippen molar-refractivity contribution < 1.29 is 4.39 Å². The normalized spacial score (nSPS) is 18.1. The summed E-state index contributed by atoms with van der Waals surface area (Å²) < 4.78 is 15.4. The lowest BCUT2D eigenvalue weighted by molar-refractivity contribution is 0.197. The van der Waals surface area contributed by atoms with Crippen LogP contribution in [0.25, 0.3) is 10.9 Å². The van der Waals surface area contributed by atoms with E-state index in [2.05, 4.69) is 50.2 Å². The fourth-order valence-corrected chi connectivity index (χ4v) is 5.88. The van der Waals surface area contributed by atoms with Gasteiger partial charge in [0.05, 0.1) is 6.04 Å². The van der Waals surface area contributed by atoms with Crippen molar-refractivity contribution in [3.8, 4) is 0 Å². The van der Waals surface area contributed by atoms with Gasteiger partial charge in [-0.25, -0.2) is 9.07 Å². The second-order valence-electron chi connectivity index (χ2n) is 10.4. The van der Waals surface area contributed by atoms with E-state index in [-0.39, 0.29) is 23.5 Å². The van der Waals surface area contributed by atoms with Gasteiger partial charge in [0, 0.05) is 42.9 Å². The van der Waals surface area contributed by atoms with Gasteiger partial charge in [-0.2, -0.15) is 0 Å². The number of piperazine rings is 1. The summed E-state index contributed by atoms with van der Waals surface area (Å²) in [5, 5.41) is 14.0. The number of rotatable bonds is 5. The molecule has 2 aromatic carbocycles. The van der Waals surface area contributed by atoms with E-state index in [1.165, 1.54) is 30.5 Å². The number of anilines is 1. The first-order valence-corrected chi connectivity index (χ1v) is 13.1. The number of pyridine rings is 1. The molecular weight excluding hydrogens is 469 g/mol. The Balaban J connectivity index is 1.39. The average molecular weight is 502 g/mol. The molecule has 0 radical (unpaired) electrons. The van der Waals surface area contributed by atoms with E-state index < -0.39 is 0 Å². The van der Waals surface area contributed by atoms with E-state index in [0.717, 1.165) is 67.0 Å². The second-order valence-corrected chi connectivity index (χ2v) is 10.4. The lowest BCUT2D eigenvalue weighted by Gasteiger charge is -2.39. The van der Waals surface area contributed by atoms with Gasteiger partial charge in [0.15, 0.2) is 5.82 Å². The summed E-state index contributed by atoms with van der Waals surface area (Å²) in [4.78, 5) is 21.3. The standard InChI is InChI=1S/C28H32FN7O/c1-18-15-20-17-24(28(37)30-25(20)16-19(18)2)26(27-31-32-33-36(27)23-5-3-4-6-23)35-13-11-34(12-14-35)22-9-7-21(29)8-10-22/h7-10,15-17,23,26H,3-6,11-14H2,1-2H3,(H,30,37)/t26-/m1/s1. The lowest BCUT2D eigenvalue weighted by atomic mass is 10.00. The molecule has 0 spiro atoms. The predicted octanol–water partition coefficient (Wildman–Crippen LogP) is 4.30. The van der Waals surface area contributed by atoms with Crippen molar-refractivity contribution in [3.63, 3.8) is 0 Å². The van der Waals surface area contributed by atoms with Crippen LogP contribution >= 0.6 is 0 Å². The van der Waals surface area contributed by atoms with Crippen LogP contribution < -0.4 is 10.5 Å². The molecule has 3 heterocycles. The first kappa shape index (κ1) is 23.8. The molecule has 0 unspecified atom stereocenters. The largest absolute Gasteiger partial charge is 0.369 e. The summed E-state index contributed by atoms with van der Waals surface area (Å²) in [5.41, 5.74) is 4.73. The third-order valence-electron chi connectivity index (χ3n) is 8.09. The van der Waals surface area contributed by atoms with E-state index in [4.69, 9.17) is 0 Å². The van der Waals surface area contributed by atoms with E-state index in [9.17, 15) is 9.18 Å². The van der Waals surface area contributed by atoms with Crippen molar-refractivity contribution in [2.24, 2.45) is 0 Å². The summed E-state index contributed by atoms with van der Waals surface area (Å²) >= 11 is 0. The quantitative estimate of drug-likeness (QED) is 0.439. The van der Waals surface area contributed by atoms with Crippen LogP contribution in [0.4, 0.5) is 10.1 Å². The van der Waals surface area contributed by atoms with Crippen LogP contribution in [0.5, 0.6) is 0 Å². The molecule has 37 heavy (non-hydrogen) atoms. The first-order valence-electron chi connectivity index (χ1n) is 13.1. The van der Waals surface area contributed by atoms with Crippen molar-refractivity contribution in [1.82, 2.24) is 30.1 Å². The highest BCUT2D eigenvalue weighted by molar-refractivity contribution is 5.81. The first-order chi connectivity index (χ1) is 18.0. The number of H-pyrrole nitrogens is 1. The molecule has 4 aromatic rings. The topological polar surface area (TPSA) is 82.9 Å². The van der Waals surface area contributed by atoms with Gasteiger partial charge in [-0.3, -0.25) is 9.69 Å². The molecule has 6 rings (SSSR count). The van der Waals surface area contributed by atoms with Crippen LogP contribution in [0.2, 0.25) is 0 Å². The molecule has 2 fully saturated rings. The molecule has 2 aliphatic rings. The predicted molar refractivity (Wildman–Crippen MR) is 141 cm³/mol. The van der Waals surface area contributed by atoms with E-state index in [1.54, 1.807) is 0 Å². The molecule has 1 saturated carbocycles. The fourth-order valence-electron chi connectivity index (χ4n) is 5.88. The molecule has 8 nitrogen and oxygen atoms in total. The van der Waals surface area contributed by atoms with Gasteiger partial charge in [0.2, 0.25) is 0 Å². The zero-order valence-corrected chi connectivity index (χ0v) is 21.3. The monoisotopic (exact) mass is 501 g/mol. The minimum Gasteiger partial charge on any atom is -0.369 e. The highest BCUT2D eigenvalue weighted by Crippen LogP contribution is 2.34. The van der Waals surface area contributed by atoms with Gasteiger partial charge < -0.3 is 9.88 Å². The molecule has 0 bridgehead atoms. The Kier molecular flexibility index (Phi) is 6.24. The average Bonchev–Trinajstić information content (AvgIpc) is 3.59. The summed E-state index contributed by atoms with van der Waals surface area (Å²) in [7, 11) is 0. The lowest BCUT2D eigenvalue weighted by Crippen LogP contribution is -2.49. The number of tetrazole rings is 1. The second kappa shape index (κ2) is 9.70. The van der Waals surface area contributed by atoms with Gasteiger partial charge >= 0.3 is 0 Å². The van der Waals surface area contributed by atoms with Crippen LogP contribution in [-0.2, 0) is 0 Å². The van der Waals surface area contributed by atoms with Crippen molar-refractivity contribution in [2.75, 3.05) is 31.1 Å². The van der Waals surface area contributed by atoms with Crippen LogP contribution in [0.15, 0.2) is 47.3 Å². The van der Waals surface area contributed by atoms with Gasteiger partial charge in [-0.15, -0.1) is 5.10 Å². The number of benzene rings is 2. The highest BCUT2D eigenvalue weighted by Gasteiger charge is 2.34. The molecule has 2 aromatic heterocycles. The maximum Gasteiger partial charge on any atom is 0.253 e. The molecule has 9 heteroatoms. The summed E-state index contributed by atoms with van der Waals surface area (Å²) in [6, 6.07) is 12.7.